The minimum Gasteiger partial charge on any atom is -0.355 e. The molecule has 1 aromatic carbocycles. The average Bonchev–Trinajstić information content (AvgIpc) is 3.21. The lowest BCUT2D eigenvalue weighted by molar-refractivity contribution is -0.129. The van der Waals surface area contributed by atoms with E-state index < -0.39 is 6.04 Å². The van der Waals surface area contributed by atoms with Crippen molar-refractivity contribution in [2.45, 2.75) is 51.1 Å². The normalized spacial score (nSPS) is 23.5. The van der Waals surface area contributed by atoms with Gasteiger partial charge in [0.15, 0.2) is 11.5 Å². The summed E-state index contributed by atoms with van der Waals surface area (Å²) in [7, 11) is 0. The van der Waals surface area contributed by atoms with Crippen LogP contribution < -0.4 is 5.32 Å². The van der Waals surface area contributed by atoms with Crippen molar-refractivity contribution in [3.8, 4) is 11.3 Å². The predicted molar refractivity (Wildman–Crippen MR) is 101 cm³/mol. The van der Waals surface area contributed by atoms with E-state index in [0.717, 1.165) is 12.8 Å². The Kier molecular flexibility index (Phi) is 5.15. The van der Waals surface area contributed by atoms with Gasteiger partial charge in [-0.3, -0.25) is 9.59 Å². The topological polar surface area (TPSA) is 75.4 Å². The van der Waals surface area contributed by atoms with E-state index in [1.54, 1.807) is 30.0 Å². The van der Waals surface area contributed by atoms with Gasteiger partial charge in [-0.1, -0.05) is 24.4 Å². The summed E-state index contributed by atoms with van der Waals surface area (Å²) in [4.78, 5) is 27.1. The van der Waals surface area contributed by atoms with E-state index >= 15 is 0 Å². The van der Waals surface area contributed by atoms with E-state index in [1.165, 1.54) is 31.4 Å². The van der Waals surface area contributed by atoms with Crippen LogP contribution in [0.3, 0.4) is 0 Å². The maximum absolute atomic E-state index is 13.1. The van der Waals surface area contributed by atoms with Crippen LogP contribution in [0.5, 0.6) is 0 Å². The minimum atomic E-state index is -0.557. The molecule has 2 fully saturated rings. The maximum atomic E-state index is 13.1. The standard InChI is InChI=1S/C21H24FN3O3/c1-13-20(26)23-18(14-5-3-2-4-6-14)12-25(13)21(27)17-11-19(28-24-17)15-7-9-16(22)10-8-15/h7-11,13-14,18H,2-6,12H2,1H3,(H,23,26). The Bertz CT molecular complexity index is 858. The molecule has 148 valence electrons. The first-order chi connectivity index (χ1) is 13.5. The van der Waals surface area contributed by atoms with Crippen molar-refractivity contribution in [1.82, 2.24) is 15.4 Å². The summed E-state index contributed by atoms with van der Waals surface area (Å²) in [5, 5.41) is 6.99. The maximum Gasteiger partial charge on any atom is 0.276 e. The van der Waals surface area contributed by atoms with Crippen LogP contribution in [-0.4, -0.2) is 40.5 Å². The highest BCUT2D eigenvalue weighted by Crippen LogP contribution is 2.29. The molecule has 2 aliphatic rings. The molecule has 1 N–H and O–H groups in total. The van der Waals surface area contributed by atoms with Crippen LogP contribution in [-0.2, 0) is 4.79 Å². The third-order valence-corrected chi connectivity index (χ3v) is 5.91. The largest absolute Gasteiger partial charge is 0.355 e. The number of carbonyl (C=O) groups is 2. The summed E-state index contributed by atoms with van der Waals surface area (Å²) < 4.78 is 18.4. The molecular weight excluding hydrogens is 361 g/mol. The van der Waals surface area contributed by atoms with Gasteiger partial charge in [-0.05, 0) is 49.9 Å². The lowest BCUT2D eigenvalue weighted by Gasteiger charge is -2.41. The number of carbonyl (C=O) groups excluding carboxylic acids is 2. The zero-order valence-corrected chi connectivity index (χ0v) is 15.9. The third-order valence-electron chi connectivity index (χ3n) is 5.91. The van der Waals surface area contributed by atoms with E-state index in [4.69, 9.17) is 4.52 Å². The number of nitrogens with zero attached hydrogens (tertiary/aromatic N) is 2. The molecule has 1 aromatic heterocycles. The number of hydrogen-bond acceptors (Lipinski definition) is 4. The molecular formula is C21H24FN3O3. The van der Waals surface area contributed by atoms with Gasteiger partial charge in [0.2, 0.25) is 5.91 Å². The van der Waals surface area contributed by atoms with E-state index in [9.17, 15) is 14.0 Å². The Hall–Kier alpha value is -2.70. The molecule has 1 saturated carbocycles. The molecule has 2 atom stereocenters. The van der Waals surface area contributed by atoms with Crippen LogP contribution in [0.4, 0.5) is 4.39 Å². The minimum absolute atomic E-state index is 0.0172. The molecule has 6 nitrogen and oxygen atoms in total. The van der Waals surface area contributed by atoms with Crippen molar-refractivity contribution in [1.29, 1.82) is 0 Å². The van der Waals surface area contributed by atoms with Gasteiger partial charge in [-0.25, -0.2) is 4.39 Å². The second-order valence-electron chi connectivity index (χ2n) is 7.73. The van der Waals surface area contributed by atoms with Crippen LogP contribution in [0.2, 0.25) is 0 Å². The van der Waals surface area contributed by atoms with E-state index in [-0.39, 0.29) is 29.4 Å². The average molecular weight is 385 g/mol. The molecule has 0 radical (unpaired) electrons. The molecule has 1 saturated heterocycles. The van der Waals surface area contributed by atoms with Gasteiger partial charge in [-0.15, -0.1) is 0 Å². The SMILES string of the molecule is CC1C(=O)NC(C2CCCCC2)CN1C(=O)c1cc(-c2ccc(F)cc2)on1. The second kappa shape index (κ2) is 7.73. The summed E-state index contributed by atoms with van der Waals surface area (Å²) in [6.45, 7) is 2.21. The summed E-state index contributed by atoms with van der Waals surface area (Å²) in [5.41, 5.74) is 0.792. The van der Waals surface area contributed by atoms with Crippen molar-refractivity contribution < 1.29 is 18.5 Å². The van der Waals surface area contributed by atoms with E-state index in [0.29, 0.717) is 23.8 Å². The zero-order chi connectivity index (χ0) is 19.7. The lowest BCUT2D eigenvalue weighted by Crippen LogP contribution is -2.62. The van der Waals surface area contributed by atoms with Crippen molar-refractivity contribution in [2.24, 2.45) is 5.92 Å². The number of nitrogens with one attached hydrogen (secondary N) is 1. The van der Waals surface area contributed by atoms with Gasteiger partial charge < -0.3 is 14.7 Å². The number of piperazine rings is 1. The summed E-state index contributed by atoms with van der Waals surface area (Å²) in [6.07, 6.45) is 5.75. The fourth-order valence-electron chi connectivity index (χ4n) is 4.20. The summed E-state index contributed by atoms with van der Waals surface area (Å²) in [5.74, 6) is 0.00745. The molecule has 2 aromatic rings. The first-order valence-electron chi connectivity index (χ1n) is 9.87. The van der Waals surface area contributed by atoms with E-state index in [2.05, 4.69) is 10.5 Å². The van der Waals surface area contributed by atoms with Crippen LogP contribution in [0, 0.1) is 11.7 Å². The summed E-state index contributed by atoms with van der Waals surface area (Å²) >= 11 is 0. The number of amides is 2. The van der Waals surface area contributed by atoms with Gasteiger partial charge in [0.05, 0.1) is 0 Å². The Balaban J connectivity index is 1.52. The van der Waals surface area contributed by atoms with E-state index in [1.807, 2.05) is 0 Å². The van der Waals surface area contributed by atoms with Crippen LogP contribution in [0.25, 0.3) is 11.3 Å². The number of halogens is 1. The van der Waals surface area contributed by atoms with Gasteiger partial charge in [-0.2, -0.15) is 0 Å². The summed E-state index contributed by atoms with van der Waals surface area (Å²) in [6, 6.07) is 6.76. The van der Waals surface area contributed by atoms with Crippen molar-refractivity contribution in [3.05, 3.63) is 41.8 Å². The predicted octanol–water partition coefficient (Wildman–Crippen LogP) is 3.39. The molecule has 7 heteroatoms. The van der Waals surface area contributed by atoms with Crippen molar-refractivity contribution in [3.63, 3.8) is 0 Å². The van der Waals surface area contributed by atoms with Gasteiger partial charge in [0.25, 0.3) is 5.91 Å². The molecule has 0 bridgehead atoms. The number of benzene rings is 1. The van der Waals surface area contributed by atoms with Gasteiger partial charge in [0, 0.05) is 24.2 Å². The number of hydrogen-bond donors (Lipinski definition) is 1. The fourth-order valence-corrected chi connectivity index (χ4v) is 4.20. The molecule has 28 heavy (non-hydrogen) atoms. The quantitative estimate of drug-likeness (QED) is 0.879. The molecule has 1 aliphatic heterocycles. The Morgan fingerprint density at radius 1 is 1.21 bits per heavy atom. The first-order valence-corrected chi connectivity index (χ1v) is 9.87. The number of rotatable bonds is 3. The van der Waals surface area contributed by atoms with Crippen LogP contribution in [0.15, 0.2) is 34.9 Å². The highest BCUT2D eigenvalue weighted by molar-refractivity contribution is 5.97. The zero-order valence-electron chi connectivity index (χ0n) is 15.9. The monoisotopic (exact) mass is 385 g/mol. The Labute approximate surface area is 163 Å². The fraction of sp³-hybridized carbons (Fsp3) is 0.476. The molecule has 4 rings (SSSR count). The second-order valence-corrected chi connectivity index (χ2v) is 7.73. The van der Waals surface area contributed by atoms with Crippen LogP contribution >= 0.6 is 0 Å². The molecule has 1 aliphatic carbocycles. The lowest BCUT2D eigenvalue weighted by atomic mass is 9.82. The third kappa shape index (κ3) is 3.66. The van der Waals surface area contributed by atoms with Crippen LogP contribution in [0.1, 0.15) is 49.5 Å². The first kappa shape index (κ1) is 18.7. The van der Waals surface area contributed by atoms with Crippen molar-refractivity contribution in [2.75, 3.05) is 6.54 Å². The molecule has 0 spiro atoms. The van der Waals surface area contributed by atoms with Crippen molar-refractivity contribution >= 4 is 11.8 Å². The smallest absolute Gasteiger partial charge is 0.276 e. The molecule has 2 amide bonds. The highest BCUT2D eigenvalue weighted by Gasteiger charge is 2.39. The van der Waals surface area contributed by atoms with Gasteiger partial charge >= 0.3 is 0 Å². The Morgan fingerprint density at radius 3 is 2.64 bits per heavy atom. The number of aromatic nitrogens is 1. The van der Waals surface area contributed by atoms with Gasteiger partial charge in [0.1, 0.15) is 11.9 Å². The highest BCUT2D eigenvalue weighted by atomic mass is 19.1. The molecule has 2 unspecified atom stereocenters. The molecule has 2 heterocycles. The Morgan fingerprint density at radius 2 is 1.93 bits per heavy atom.